The summed E-state index contributed by atoms with van der Waals surface area (Å²) in [7, 11) is -2.55. The molecule has 1 N–H and O–H groups in total. The van der Waals surface area contributed by atoms with E-state index < -0.39 is 13.9 Å². The molecule has 42 heavy (non-hydrogen) atoms. The Kier molecular flexibility index (Phi) is 15.9. The fourth-order valence-electron chi connectivity index (χ4n) is 5.96. The predicted octanol–water partition coefficient (Wildman–Crippen LogP) is 9.55. The van der Waals surface area contributed by atoms with Crippen LogP contribution < -0.4 is 15.7 Å². The van der Waals surface area contributed by atoms with Crippen LogP contribution >= 0.6 is 0 Å². The molecule has 0 aliphatic rings. The van der Waals surface area contributed by atoms with E-state index in [1.807, 2.05) is 20.8 Å². The third kappa shape index (κ3) is 12.6. The van der Waals surface area contributed by atoms with Crippen molar-refractivity contribution in [3.63, 3.8) is 0 Å². The molecule has 0 aliphatic heterocycles. The van der Waals surface area contributed by atoms with Gasteiger partial charge in [-0.25, -0.2) is 4.79 Å². The van der Waals surface area contributed by atoms with Gasteiger partial charge in [0.15, 0.2) is 0 Å². The maximum atomic E-state index is 12.7. The largest absolute Gasteiger partial charge is 0.444 e. The first-order valence-electron chi connectivity index (χ1n) is 16.7. The number of hydrogen-bond acceptors (Lipinski definition) is 3. The highest BCUT2D eigenvalue weighted by atomic mass is 28.4. The molecule has 0 fully saturated rings. The van der Waals surface area contributed by atoms with Crippen molar-refractivity contribution in [3.8, 4) is 0 Å². The van der Waals surface area contributed by atoms with Gasteiger partial charge in [-0.3, -0.25) is 0 Å². The van der Waals surface area contributed by atoms with Crippen molar-refractivity contribution in [2.45, 2.75) is 149 Å². The highest BCUT2D eigenvalue weighted by Crippen LogP contribution is 2.37. The van der Waals surface area contributed by atoms with Gasteiger partial charge < -0.3 is 14.5 Å². The Morgan fingerprint density at radius 1 is 0.690 bits per heavy atom. The predicted molar refractivity (Wildman–Crippen MR) is 182 cm³/mol. The molecule has 0 aliphatic carbocycles. The zero-order chi connectivity index (χ0) is 30.9. The van der Waals surface area contributed by atoms with Gasteiger partial charge in [-0.1, -0.05) is 153 Å². The summed E-state index contributed by atoms with van der Waals surface area (Å²) in [5.41, 5.74) is -0.502. The summed E-state index contributed by atoms with van der Waals surface area (Å²) < 4.78 is 12.7. The maximum absolute atomic E-state index is 12.7. The van der Waals surface area contributed by atoms with E-state index >= 15 is 0 Å². The molecule has 5 heteroatoms. The van der Waals surface area contributed by atoms with Crippen LogP contribution in [0.4, 0.5) is 4.79 Å². The number of ether oxygens (including phenoxy) is 1. The summed E-state index contributed by atoms with van der Waals surface area (Å²) in [5.74, 6) is 0. The lowest BCUT2D eigenvalue weighted by molar-refractivity contribution is 0.0496. The lowest BCUT2D eigenvalue weighted by Gasteiger charge is -2.43. The van der Waals surface area contributed by atoms with Gasteiger partial charge in [0, 0.05) is 12.6 Å². The monoisotopic (exact) mass is 595 g/mol. The van der Waals surface area contributed by atoms with Crippen molar-refractivity contribution in [1.29, 1.82) is 0 Å². The Morgan fingerprint density at radius 2 is 1.14 bits per heavy atom. The fourth-order valence-corrected chi connectivity index (χ4v) is 10.6. The minimum atomic E-state index is -2.55. The number of rotatable bonds is 19. The van der Waals surface area contributed by atoms with Crippen LogP contribution in [0.5, 0.6) is 0 Å². The summed E-state index contributed by atoms with van der Waals surface area (Å²) in [6.07, 6.45) is 15.6. The average Bonchev–Trinajstić information content (AvgIpc) is 2.93. The molecule has 4 nitrogen and oxygen atoms in total. The van der Waals surface area contributed by atoms with Crippen molar-refractivity contribution in [2.75, 3.05) is 6.61 Å². The molecule has 1 atom stereocenters. The number of unbranched alkanes of at least 4 members (excludes halogenated alkanes) is 9. The zero-order valence-corrected chi connectivity index (χ0v) is 29.0. The summed E-state index contributed by atoms with van der Waals surface area (Å²) in [5, 5.41) is 5.75. The quantitative estimate of drug-likeness (QED) is 0.130. The first-order valence-corrected chi connectivity index (χ1v) is 18.6. The molecule has 2 rings (SSSR count). The highest BCUT2D eigenvalue weighted by molar-refractivity contribution is 6.99. The summed E-state index contributed by atoms with van der Waals surface area (Å²) in [4.78, 5) is 12.7. The molecule has 0 saturated heterocycles. The second-order valence-corrected chi connectivity index (χ2v) is 18.3. The molecule has 0 bridgehead atoms. The second-order valence-electron chi connectivity index (χ2n) is 14.0. The number of carbonyl (C=O) groups is 1. The first kappa shape index (κ1) is 36.1. The van der Waals surface area contributed by atoms with E-state index in [4.69, 9.17) is 9.16 Å². The van der Waals surface area contributed by atoms with Gasteiger partial charge >= 0.3 is 6.09 Å². The Morgan fingerprint density at radius 3 is 1.60 bits per heavy atom. The van der Waals surface area contributed by atoms with Crippen molar-refractivity contribution in [3.05, 3.63) is 60.7 Å². The maximum Gasteiger partial charge on any atom is 0.407 e. The van der Waals surface area contributed by atoms with Crippen molar-refractivity contribution in [1.82, 2.24) is 5.32 Å². The van der Waals surface area contributed by atoms with E-state index in [0.29, 0.717) is 6.61 Å². The summed E-state index contributed by atoms with van der Waals surface area (Å²) in [6, 6.07) is 21.7. The van der Waals surface area contributed by atoms with E-state index in [2.05, 4.69) is 93.7 Å². The summed E-state index contributed by atoms with van der Waals surface area (Å²) in [6.45, 7) is 15.6. The van der Waals surface area contributed by atoms with E-state index in [9.17, 15) is 4.79 Å². The van der Waals surface area contributed by atoms with Gasteiger partial charge in [0.25, 0.3) is 8.32 Å². The Labute approximate surface area is 259 Å². The second kappa shape index (κ2) is 18.5. The number of amides is 1. The molecule has 2 aromatic carbocycles. The number of benzene rings is 2. The molecule has 0 spiro atoms. The van der Waals surface area contributed by atoms with Gasteiger partial charge in [-0.2, -0.15) is 0 Å². The number of alkyl carbamates (subject to hydrolysis) is 1. The van der Waals surface area contributed by atoms with Crippen molar-refractivity contribution >= 4 is 24.8 Å². The lowest BCUT2D eigenvalue weighted by Crippen LogP contribution is -2.66. The van der Waals surface area contributed by atoms with E-state index in [-0.39, 0.29) is 17.2 Å². The van der Waals surface area contributed by atoms with E-state index in [1.165, 1.54) is 68.2 Å². The lowest BCUT2D eigenvalue weighted by atomic mass is 10.0. The molecule has 1 amide bonds. The Bertz CT molecular complexity index is 942. The molecule has 0 aromatic heterocycles. The van der Waals surface area contributed by atoms with Gasteiger partial charge in [-0.15, -0.1) is 0 Å². The number of hydrogen-bond donors (Lipinski definition) is 1. The fraction of sp³-hybridized carbons (Fsp3) is 0.649. The van der Waals surface area contributed by atoms with E-state index in [0.717, 1.165) is 25.7 Å². The van der Waals surface area contributed by atoms with Crippen LogP contribution in [0, 0.1) is 0 Å². The summed E-state index contributed by atoms with van der Waals surface area (Å²) >= 11 is 0. The van der Waals surface area contributed by atoms with Gasteiger partial charge in [0.05, 0.1) is 0 Å². The average molecular weight is 596 g/mol. The molecule has 0 radical (unpaired) electrons. The smallest absolute Gasteiger partial charge is 0.407 e. The molecule has 0 saturated carbocycles. The minimum Gasteiger partial charge on any atom is -0.444 e. The van der Waals surface area contributed by atoms with Crippen LogP contribution in [0.3, 0.4) is 0 Å². The van der Waals surface area contributed by atoms with Crippen LogP contribution in [0.2, 0.25) is 5.04 Å². The molecule has 0 heterocycles. The van der Waals surface area contributed by atoms with E-state index in [1.54, 1.807) is 0 Å². The highest BCUT2D eigenvalue weighted by Gasteiger charge is 2.49. The van der Waals surface area contributed by atoms with Crippen LogP contribution in [0.15, 0.2) is 60.7 Å². The molecule has 2 aromatic rings. The number of nitrogens with one attached hydrogen (secondary N) is 1. The molecule has 236 valence electrons. The standard InChI is InChI=1S/C37H61NO3Si/c1-8-9-10-11-12-13-14-15-16-19-25-32(38-35(39)41-36(2,3)4)26-24-31-40-42(37(5,6)7,33-27-20-17-21-28-33)34-29-22-18-23-30-34/h17-18,20-23,27-30,32H,8-16,19,24-26,31H2,1-7H3,(H,38,39)/t32-/m1/s1. The van der Waals surface area contributed by atoms with Crippen LogP contribution in [-0.2, 0) is 9.16 Å². The van der Waals surface area contributed by atoms with Crippen LogP contribution in [0.1, 0.15) is 132 Å². The van der Waals surface area contributed by atoms with Crippen LogP contribution in [0.25, 0.3) is 0 Å². The third-order valence-electron chi connectivity index (χ3n) is 8.06. The number of carbonyl (C=O) groups excluding carboxylic acids is 1. The van der Waals surface area contributed by atoms with Crippen molar-refractivity contribution in [2.24, 2.45) is 0 Å². The SMILES string of the molecule is CCCCCCCCCCCC[C@H](CCCO[Si](c1ccccc1)(c1ccccc1)C(C)(C)C)NC(=O)OC(C)(C)C. The normalized spacial score (nSPS) is 13.1. The molecular weight excluding hydrogens is 534 g/mol. The molecule has 0 unspecified atom stereocenters. The topological polar surface area (TPSA) is 47.6 Å². The minimum absolute atomic E-state index is 0.0418. The van der Waals surface area contributed by atoms with Gasteiger partial charge in [0.2, 0.25) is 0 Å². The van der Waals surface area contributed by atoms with Gasteiger partial charge in [0.1, 0.15) is 5.60 Å². The first-order chi connectivity index (χ1) is 20.0. The Balaban J connectivity index is 2.00. The third-order valence-corrected chi connectivity index (χ3v) is 13.1. The molecular formula is C37H61NO3Si. The van der Waals surface area contributed by atoms with Gasteiger partial charge in [-0.05, 0) is 55.4 Å². The van der Waals surface area contributed by atoms with Crippen molar-refractivity contribution < 1.29 is 14.0 Å². The Hall–Kier alpha value is -2.11. The van der Waals surface area contributed by atoms with Crippen LogP contribution in [-0.4, -0.2) is 32.7 Å². The zero-order valence-electron chi connectivity index (χ0n) is 28.0.